The highest BCUT2D eigenvalue weighted by Crippen LogP contribution is 2.21. The highest BCUT2D eigenvalue weighted by atomic mass is 16.5. The maximum Gasteiger partial charge on any atom is 0.310 e. The Bertz CT molecular complexity index is 255. The first-order valence-electron chi connectivity index (χ1n) is 7.10. The number of carbonyl (C=O) groups is 1. The average Bonchev–Trinajstić information content (AvgIpc) is 2.76. The molecule has 0 aliphatic carbocycles. The zero-order chi connectivity index (χ0) is 13.5. The van der Waals surface area contributed by atoms with Gasteiger partial charge in [-0.1, -0.05) is 20.8 Å². The second kappa shape index (κ2) is 7.74. The van der Waals surface area contributed by atoms with Crippen LogP contribution in [0.3, 0.4) is 0 Å². The van der Waals surface area contributed by atoms with Crippen molar-refractivity contribution in [2.24, 2.45) is 11.8 Å². The Kier molecular flexibility index (Phi) is 6.65. The highest BCUT2D eigenvalue weighted by Gasteiger charge is 2.37. The van der Waals surface area contributed by atoms with Crippen molar-refractivity contribution in [2.45, 2.75) is 46.1 Å². The van der Waals surface area contributed by atoms with Gasteiger partial charge in [0.15, 0.2) is 0 Å². The fraction of sp³-hybridized carbons (Fsp3) is 0.929. The van der Waals surface area contributed by atoms with E-state index in [1.807, 2.05) is 0 Å². The SMILES string of the molecule is CCCN(CCCC(C)C)C1COCC1C(=O)O. The molecule has 1 fully saturated rings. The fourth-order valence-electron chi connectivity index (χ4n) is 2.57. The second-order valence-electron chi connectivity index (χ2n) is 5.62. The number of aliphatic carboxylic acids is 1. The Hall–Kier alpha value is -0.610. The number of hydrogen-bond donors (Lipinski definition) is 1. The number of nitrogens with zero attached hydrogens (tertiary/aromatic N) is 1. The maximum atomic E-state index is 11.2. The minimum absolute atomic E-state index is 0.0645. The number of ether oxygens (including phenoxy) is 1. The molecule has 0 aromatic heterocycles. The third kappa shape index (κ3) is 4.58. The van der Waals surface area contributed by atoms with Gasteiger partial charge in [0.2, 0.25) is 0 Å². The topological polar surface area (TPSA) is 49.8 Å². The molecular weight excluding hydrogens is 230 g/mol. The van der Waals surface area contributed by atoms with Gasteiger partial charge in [0.25, 0.3) is 0 Å². The third-order valence-electron chi connectivity index (χ3n) is 3.57. The first-order chi connectivity index (χ1) is 8.56. The Morgan fingerprint density at radius 2 is 2.11 bits per heavy atom. The van der Waals surface area contributed by atoms with Gasteiger partial charge in [-0.25, -0.2) is 0 Å². The predicted molar refractivity (Wildman–Crippen MR) is 71.7 cm³/mol. The van der Waals surface area contributed by atoms with Crippen LogP contribution in [0.25, 0.3) is 0 Å². The predicted octanol–water partition coefficient (Wildman–Crippen LogP) is 2.23. The molecule has 1 aliphatic rings. The smallest absolute Gasteiger partial charge is 0.310 e. The molecule has 1 saturated heterocycles. The molecule has 0 aromatic carbocycles. The molecular formula is C14H27NO3. The molecule has 0 amide bonds. The molecule has 0 bridgehead atoms. The molecule has 1 N–H and O–H groups in total. The van der Waals surface area contributed by atoms with Crippen LogP contribution in [0.4, 0.5) is 0 Å². The Labute approximate surface area is 110 Å². The van der Waals surface area contributed by atoms with Gasteiger partial charge >= 0.3 is 5.97 Å². The molecule has 4 heteroatoms. The Balaban J connectivity index is 2.51. The van der Waals surface area contributed by atoms with Crippen molar-refractivity contribution in [3.63, 3.8) is 0 Å². The molecule has 2 atom stereocenters. The normalized spacial score (nSPS) is 24.1. The maximum absolute atomic E-state index is 11.2. The van der Waals surface area contributed by atoms with Crippen LogP contribution in [0.5, 0.6) is 0 Å². The van der Waals surface area contributed by atoms with Crippen molar-refractivity contribution in [1.82, 2.24) is 4.90 Å². The zero-order valence-electron chi connectivity index (χ0n) is 11.9. The molecule has 1 rings (SSSR count). The minimum atomic E-state index is -0.720. The van der Waals surface area contributed by atoms with Crippen LogP contribution in [0.1, 0.15) is 40.0 Å². The third-order valence-corrected chi connectivity index (χ3v) is 3.57. The zero-order valence-corrected chi connectivity index (χ0v) is 11.9. The number of rotatable bonds is 8. The van der Waals surface area contributed by atoms with E-state index in [1.54, 1.807) is 0 Å². The largest absolute Gasteiger partial charge is 0.481 e. The molecule has 1 aliphatic heterocycles. The summed E-state index contributed by atoms with van der Waals surface area (Å²) < 4.78 is 5.36. The van der Waals surface area contributed by atoms with Crippen LogP contribution >= 0.6 is 0 Å². The van der Waals surface area contributed by atoms with Gasteiger partial charge in [0.05, 0.1) is 19.1 Å². The van der Waals surface area contributed by atoms with Gasteiger partial charge in [-0.15, -0.1) is 0 Å². The summed E-state index contributed by atoms with van der Waals surface area (Å²) >= 11 is 0. The highest BCUT2D eigenvalue weighted by molar-refractivity contribution is 5.71. The molecule has 106 valence electrons. The summed E-state index contributed by atoms with van der Waals surface area (Å²) in [5.41, 5.74) is 0. The van der Waals surface area contributed by atoms with E-state index in [0.29, 0.717) is 19.1 Å². The van der Waals surface area contributed by atoms with Gasteiger partial charge in [0, 0.05) is 6.04 Å². The number of carboxylic acid groups (broad SMARTS) is 1. The first-order valence-corrected chi connectivity index (χ1v) is 7.10. The summed E-state index contributed by atoms with van der Waals surface area (Å²) in [4.78, 5) is 13.5. The molecule has 4 nitrogen and oxygen atoms in total. The van der Waals surface area contributed by atoms with E-state index in [9.17, 15) is 9.90 Å². The van der Waals surface area contributed by atoms with E-state index in [0.717, 1.165) is 25.9 Å². The molecule has 18 heavy (non-hydrogen) atoms. The van der Waals surface area contributed by atoms with E-state index in [-0.39, 0.29) is 12.0 Å². The van der Waals surface area contributed by atoms with E-state index >= 15 is 0 Å². The summed E-state index contributed by atoms with van der Waals surface area (Å²) in [5.74, 6) is -0.360. The Morgan fingerprint density at radius 3 is 2.67 bits per heavy atom. The molecule has 2 unspecified atom stereocenters. The molecule has 0 aromatic rings. The van der Waals surface area contributed by atoms with Crippen LogP contribution in [0, 0.1) is 11.8 Å². The van der Waals surface area contributed by atoms with Crippen LogP contribution < -0.4 is 0 Å². The van der Waals surface area contributed by atoms with Crippen molar-refractivity contribution in [3.8, 4) is 0 Å². The number of hydrogen-bond acceptors (Lipinski definition) is 3. The van der Waals surface area contributed by atoms with Crippen molar-refractivity contribution < 1.29 is 14.6 Å². The van der Waals surface area contributed by atoms with Crippen molar-refractivity contribution in [1.29, 1.82) is 0 Å². The van der Waals surface area contributed by atoms with Gasteiger partial charge < -0.3 is 9.84 Å². The van der Waals surface area contributed by atoms with Crippen LogP contribution in [0.2, 0.25) is 0 Å². The average molecular weight is 257 g/mol. The van der Waals surface area contributed by atoms with E-state index in [4.69, 9.17) is 4.74 Å². The van der Waals surface area contributed by atoms with E-state index in [1.165, 1.54) is 6.42 Å². The lowest BCUT2D eigenvalue weighted by Gasteiger charge is -2.30. The van der Waals surface area contributed by atoms with Crippen molar-refractivity contribution in [2.75, 3.05) is 26.3 Å². The van der Waals surface area contributed by atoms with E-state index in [2.05, 4.69) is 25.7 Å². The number of carboxylic acids is 1. The minimum Gasteiger partial charge on any atom is -0.481 e. The molecule has 0 radical (unpaired) electrons. The standard InChI is InChI=1S/C14H27NO3/c1-4-7-15(8-5-6-11(2)3)13-10-18-9-12(13)14(16)17/h11-13H,4-10H2,1-3H3,(H,16,17). The van der Waals surface area contributed by atoms with Crippen molar-refractivity contribution in [3.05, 3.63) is 0 Å². The quantitative estimate of drug-likeness (QED) is 0.724. The molecule has 0 saturated carbocycles. The van der Waals surface area contributed by atoms with Gasteiger partial charge in [0.1, 0.15) is 0 Å². The van der Waals surface area contributed by atoms with E-state index < -0.39 is 5.97 Å². The summed E-state index contributed by atoms with van der Waals surface area (Å²) in [5, 5.41) is 9.21. The Morgan fingerprint density at radius 1 is 1.39 bits per heavy atom. The summed E-state index contributed by atoms with van der Waals surface area (Å²) in [7, 11) is 0. The van der Waals surface area contributed by atoms with Gasteiger partial charge in [-0.05, 0) is 38.3 Å². The lowest BCUT2D eigenvalue weighted by molar-refractivity contribution is -0.143. The summed E-state index contributed by atoms with van der Waals surface area (Å²) in [6.07, 6.45) is 3.40. The molecule has 0 spiro atoms. The van der Waals surface area contributed by atoms with Crippen LogP contribution in [-0.4, -0.2) is 48.3 Å². The van der Waals surface area contributed by atoms with Gasteiger partial charge in [-0.2, -0.15) is 0 Å². The first kappa shape index (κ1) is 15.4. The molecule has 1 heterocycles. The second-order valence-corrected chi connectivity index (χ2v) is 5.62. The lowest BCUT2D eigenvalue weighted by atomic mass is 10.0. The van der Waals surface area contributed by atoms with Gasteiger partial charge in [-0.3, -0.25) is 9.69 Å². The fourth-order valence-corrected chi connectivity index (χ4v) is 2.57. The van der Waals surface area contributed by atoms with Crippen LogP contribution in [0.15, 0.2) is 0 Å². The van der Waals surface area contributed by atoms with Crippen LogP contribution in [-0.2, 0) is 9.53 Å². The summed E-state index contributed by atoms with van der Waals surface area (Å²) in [6.45, 7) is 9.48. The van der Waals surface area contributed by atoms with Crippen molar-refractivity contribution >= 4 is 5.97 Å². The summed E-state index contributed by atoms with van der Waals surface area (Å²) in [6, 6.07) is 0.0645. The monoisotopic (exact) mass is 257 g/mol. The lowest BCUT2D eigenvalue weighted by Crippen LogP contribution is -2.44.